The van der Waals surface area contributed by atoms with E-state index in [1.807, 2.05) is 40.7 Å². The van der Waals surface area contributed by atoms with E-state index < -0.39 is 23.6 Å². The smallest absolute Gasteiger partial charge is 0.407 e. The maximum atomic E-state index is 13.8. The number of alkyl carbamates (subject to hydrolysis) is 1. The number of carbonyl (C=O) groups is 3. The maximum absolute atomic E-state index is 13.8. The first-order chi connectivity index (χ1) is 16.7. The standard InChI is InChI=1S/C26H39N5O5/c1-17(2)15-31(18(16-32)12-29-24(34)36-26(6,7)8)22(33)20-14-28-23(25(3,4)5)30-21(20)27-13-19-10-9-11-35-19/h9-11,14,16-18H,12-13,15H2,1-8H3,(H,29,34)(H,27,28,30)/t18-/m0/s1. The van der Waals surface area contributed by atoms with Crippen molar-refractivity contribution in [1.29, 1.82) is 0 Å². The number of aldehydes is 1. The van der Waals surface area contributed by atoms with Crippen molar-refractivity contribution in [2.24, 2.45) is 5.92 Å². The monoisotopic (exact) mass is 501 g/mol. The van der Waals surface area contributed by atoms with E-state index in [9.17, 15) is 14.4 Å². The van der Waals surface area contributed by atoms with Crippen LogP contribution in [0.25, 0.3) is 0 Å². The van der Waals surface area contributed by atoms with Gasteiger partial charge in [-0.15, -0.1) is 0 Å². The van der Waals surface area contributed by atoms with Crippen LogP contribution in [0.15, 0.2) is 29.0 Å². The molecule has 2 aromatic heterocycles. The fourth-order valence-corrected chi connectivity index (χ4v) is 3.27. The van der Waals surface area contributed by atoms with E-state index in [1.165, 1.54) is 11.1 Å². The van der Waals surface area contributed by atoms with Crippen LogP contribution in [-0.4, -0.2) is 57.9 Å². The second-order valence-electron chi connectivity index (χ2n) is 11.1. The number of carbonyl (C=O) groups excluding carboxylic acids is 3. The average Bonchev–Trinajstić information content (AvgIpc) is 3.28. The minimum Gasteiger partial charge on any atom is -0.467 e. The van der Waals surface area contributed by atoms with Crippen LogP contribution < -0.4 is 10.6 Å². The Kier molecular flexibility index (Phi) is 9.61. The number of aromatic nitrogens is 2. The van der Waals surface area contributed by atoms with E-state index in [1.54, 1.807) is 33.1 Å². The number of nitrogens with one attached hydrogen (secondary N) is 2. The lowest BCUT2D eigenvalue weighted by Crippen LogP contribution is -2.50. The molecule has 2 N–H and O–H groups in total. The van der Waals surface area contributed by atoms with Crippen LogP contribution in [0.4, 0.5) is 10.6 Å². The lowest BCUT2D eigenvalue weighted by atomic mass is 9.95. The maximum Gasteiger partial charge on any atom is 0.407 e. The molecular weight excluding hydrogens is 462 g/mol. The zero-order valence-electron chi connectivity index (χ0n) is 22.5. The van der Waals surface area contributed by atoms with Crippen molar-refractivity contribution in [3.05, 3.63) is 41.7 Å². The van der Waals surface area contributed by atoms with E-state index in [0.717, 1.165) is 0 Å². The molecule has 10 heteroatoms. The number of furan rings is 1. The van der Waals surface area contributed by atoms with Crippen molar-refractivity contribution >= 4 is 24.1 Å². The molecule has 0 aliphatic rings. The Balaban J connectivity index is 2.36. The molecule has 10 nitrogen and oxygen atoms in total. The Morgan fingerprint density at radius 1 is 1.19 bits per heavy atom. The molecule has 36 heavy (non-hydrogen) atoms. The van der Waals surface area contributed by atoms with Gasteiger partial charge in [-0.2, -0.15) is 0 Å². The lowest BCUT2D eigenvalue weighted by Gasteiger charge is -2.31. The Bertz CT molecular complexity index is 1020. The summed E-state index contributed by atoms with van der Waals surface area (Å²) in [6.45, 7) is 15.6. The largest absolute Gasteiger partial charge is 0.467 e. The quantitative estimate of drug-likeness (QED) is 0.465. The van der Waals surface area contributed by atoms with Crippen LogP contribution in [-0.2, 0) is 21.5 Å². The molecule has 0 spiro atoms. The molecule has 0 unspecified atom stereocenters. The third-order valence-corrected chi connectivity index (χ3v) is 4.93. The zero-order valence-corrected chi connectivity index (χ0v) is 22.5. The first-order valence-corrected chi connectivity index (χ1v) is 12.1. The molecule has 1 atom stereocenters. The summed E-state index contributed by atoms with van der Waals surface area (Å²) in [4.78, 5) is 48.5. The Hall–Kier alpha value is -3.43. The molecule has 0 radical (unpaired) electrons. The Morgan fingerprint density at radius 3 is 2.42 bits per heavy atom. The van der Waals surface area contributed by atoms with Crippen molar-refractivity contribution in [2.45, 2.75) is 79.0 Å². The number of hydrogen-bond donors (Lipinski definition) is 2. The minimum atomic E-state index is -0.910. The highest BCUT2D eigenvalue weighted by Crippen LogP contribution is 2.24. The first kappa shape index (κ1) is 28.8. The molecule has 0 aliphatic carbocycles. The lowest BCUT2D eigenvalue weighted by molar-refractivity contribution is -0.111. The van der Waals surface area contributed by atoms with Gasteiger partial charge in [-0.05, 0) is 38.8 Å². The highest BCUT2D eigenvalue weighted by Gasteiger charge is 2.30. The first-order valence-electron chi connectivity index (χ1n) is 12.1. The third-order valence-electron chi connectivity index (χ3n) is 4.93. The number of nitrogens with zero attached hydrogens (tertiary/aromatic N) is 3. The Morgan fingerprint density at radius 2 is 1.89 bits per heavy atom. The van der Waals surface area contributed by atoms with E-state index in [0.29, 0.717) is 30.2 Å². The Labute approximate surface area is 213 Å². The third kappa shape index (κ3) is 8.66. The number of anilines is 1. The summed E-state index contributed by atoms with van der Waals surface area (Å²) in [6.07, 6.45) is 3.04. The number of ether oxygens (including phenoxy) is 1. The normalized spacial score (nSPS) is 12.7. The van der Waals surface area contributed by atoms with Crippen molar-refractivity contribution < 1.29 is 23.5 Å². The van der Waals surface area contributed by atoms with Crippen molar-refractivity contribution in [3.63, 3.8) is 0 Å². The van der Waals surface area contributed by atoms with Crippen LogP contribution in [0.2, 0.25) is 0 Å². The van der Waals surface area contributed by atoms with Gasteiger partial charge in [0.15, 0.2) is 0 Å². The number of hydrogen-bond acceptors (Lipinski definition) is 8. The van der Waals surface area contributed by atoms with E-state index in [-0.39, 0.29) is 30.0 Å². The van der Waals surface area contributed by atoms with Gasteiger partial charge in [0, 0.05) is 24.7 Å². The molecule has 2 amide bonds. The van der Waals surface area contributed by atoms with Gasteiger partial charge >= 0.3 is 6.09 Å². The molecule has 0 fully saturated rings. The predicted molar refractivity (Wildman–Crippen MR) is 137 cm³/mol. The molecule has 2 rings (SSSR count). The second kappa shape index (κ2) is 12.0. The fourth-order valence-electron chi connectivity index (χ4n) is 3.27. The van der Waals surface area contributed by atoms with Gasteiger partial charge in [0.2, 0.25) is 0 Å². The fraction of sp³-hybridized carbons (Fsp3) is 0.577. The average molecular weight is 502 g/mol. The highest BCUT2D eigenvalue weighted by molar-refractivity contribution is 5.99. The molecule has 0 saturated carbocycles. The van der Waals surface area contributed by atoms with Crippen molar-refractivity contribution in [3.8, 4) is 0 Å². The molecule has 2 aromatic rings. The topological polar surface area (TPSA) is 127 Å². The molecule has 0 aliphatic heterocycles. The van der Waals surface area contributed by atoms with Gasteiger partial charge in [-0.1, -0.05) is 34.6 Å². The van der Waals surface area contributed by atoms with Crippen LogP contribution in [0, 0.1) is 5.92 Å². The van der Waals surface area contributed by atoms with Crippen molar-refractivity contribution in [1.82, 2.24) is 20.2 Å². The summed E-state index contributed by atoms with van der Waals surface area (Å²) in [5, 5.41) is 5.77. The van der Waals surface area contributed by atoms with E-state index in [2.05, 4.69) is 20.6 Å². The van der Waals surface area contributed by atoms with Crippen LogP contribution in [0.3, 0.4) is 0 Å². The van der Waals surface area contributed by atoms with Gasteiger partial charge in [-0.3, -0.25) is 4.79 Å². The van der Waals surface area contributed by atoms with Crippen LogP contribution in [0.5, 0.6) is 0 Å². The summed E-state index contributed by atoms with van der Waals surface area (Å²) in [6, 6.07) is 2.68. The summed E-state index contributed by atoms with van der Waals surface area (Å²) >= 11 is 0. The second-order valence-corrected chi connectivity index (χ2v) is 11.1. The molecule has 0 saturated heterocycles. The van der Waals surface area contributed by atoms with Gasteiger partial charge in [0.05, 0.1) is 12.8 Å². The molecule has 0 bridgehead atoms. The number of rotatable bonds is 10. The highest BCUT2D eigenvalue weighted by atomic mass is 16.6. The SMILES string of the molecule is CC(C)CN(C(=O)c1cnc(C(C)(C)C)nc1NCc1ccco1)[C@H](C=O)CNC(=O)OC(C)(C)C. The van der Waals surface area contributed by atoms with Gasteiger partial charge in [-0.25, -0.2) is 14.8 Å². The van der Waals surface area contributed by atoms with Gasteiger partial charge in [0.1, 0.15) is 40.9 Å². The zero-order chi connectivity index (χ0) is 27.1. The van der Waals surface area contributed by atoms with Gasteiger partial charge < -0.3 is 29.5 Å². The minimum absolute atomic E-state index is 0.0622. The summed E-state index contributed by atoms with van der Waals surface area (Å²) in [5.41, 5.74) is -0.808. The molecule has 0 aromatic carbocycles. The van der Waals surface area contributed by atoms with Crippen molar-refractivity contribution in [2.75, 3.05) is 18.4 Å². The van der Waals surface area contributed by atoms with E-state index in [4.69, 9.17) is 9.15 Å². The molecular formula is C26H39N5O5. The summed E-state index contributed by atoms with van der Waals surface area (Å²) in [5.74, 6) is 1.22. The van der Waals surface area contributed by atoms with Crippen LogP contribution >= 0.6 is 0 Å². The number of amides is 2. The molecule has 198 valence electrons. The molecule has 2 heterocycles. The predicted octanol–water partition coefficient (Wildman–Crippen LogP) is 4.17. The van der Waals surface area contributed by atoms with E-state index >= 15 is 0 Å². The van der Waals surface area contributed by atoms with Gasteiger partial charge in [0.25, 0.3) is 5.91 Å². The van der Waals surface area contributed by atoms with Crippen LogP contribution in [0.1, 0.15) is 77.3 Å². The summed E-state index contributed by atoms with van der Waals surface area (Å²) < 4.78 is 10.7. The summed E-state index contributed by atoms with van der Waals surface area (Å²) in [7, 11) is 0.